The molecule has 1 unspecified atom stereocenters. The van der Waals surface area contributed by atoms with Crippen LogP contribution in [0, 0.1) is 0 Å². The number of hydrogen-bond donors (Lipinski definition) is 0. The monoisotopic (exact) mass is 880 g/mol. The van der Waals surface area contributed by atoms with Crippen molar-refractivity contribution in [2.45, 2.75) is 87.4 Å². The molecule has 0 N–H and O–H groups in total. The molecular formula is C64H52N2S. The fourth-order valence-electron chi connectivity index (χ4n) is 13.7. The van der Waals surface area contributed by atoms with Crippen LogP contribution in [0.2, 0.25) is 0 Å². The summed E-state index contributed by atoms with van der Waals surface area (Å²) >= 11 is 1.88. The molecule has 14 rings (SSSR count). The third kappa shape index (κ3) is 5.99. The maximum Gasteiger partial charge on any atom is 0.0987 e. The van der Waals surface area contributed by atoms with Crippen LogP contribution in [-0.2, 0) is 10.8 Å². The maximum absolute atomic E-state index is 5.65. The molecule has 0 radical (unpaired) electrons. The minimum atomic E-state index is 0.129. The van der Waals surface area contributed by atoms with Crippen molar-refractivity contribution in [2.75, 3.05) is 0 Å². The van der Waals surface area contributed by atoms with Crippen molar-refractivity contribution >= 4 is 37.1 Å². The Morgan fingerprint density at radius 3 is 1.69 bits per heavy atom. The van der Waals surface area contributed by atoms with Gasteiger partial charge in [0.25, 0.3) is 0 Å². The normalized spacial score (nSPS) is 18.8. The summed E-state index contributed by atoms with van der Waals surface area (Å²) in [5.74, 6) is 0.490. The van der Waals surface area contributed by atoms with Gasteiger partial charge < -0.3 is 0 Å². The molecule has 324 valence electrons. The number of thiophene rings is 1. The summed E-state index contributed by atoms with van der Waals surface area (Å²) in [4.78, 5) is 11.2. The molecule has 5 aliphatic carbocycles. The van der Waals surface area contributed by atoms with Gasteiger partial charge >= 0.3 is 0 Å². The summed E-state index contributed by atoms with van der Waals surface area (Å²) in [6.07, 6.45) is 17.2. The van der Waals surface area contributed by atoms with Gasteiger partial charge in [-0.25, -0.2) is 9.97 Å². The lowest BCUT2D eigenvalue weighted by Gasteiger charge is -2.42. The summed E-state index contributed by atoms with van der Waals surface area (Å²) in [6, 6.07) is 62.9. The van der Waals surface area contributed by atoms with Crippen LogP contribution in [0.3, 0.4) is 0 Å². The van der Waals surface area contributed by atoms with Crippen molar-refractivity contribution in [1.82, 2.24) is 9.97 Å². The first-order valence-corrected chi connectivity index (χ1v) is 25.7. The van der Waals surface area contributed by atoms with Crippen LogP contribution in [0.25, 0.3) is 81.9 Å². The van der Waals surface area contributed by atoms with Gasteiger partial charge in [-0.1, -0.05) is 207 Å². The first-order valence-electron chi connectivity index (χ1n) is 24.9. The summed E-state index contributed by atoms with van der Waals surface area (Å²) < 4.78 is 2.54. The van der Waals surface area contributed by atoms with Gasteiger partial charge in [0.2, 0.25) is 0 Å². The molecule has 0 bridgehead atoms. The van der Waals surface area contributed by atoms with E-state index in [-0.39, 0.29) is 10.8 Å². The molecule has 2 saturated carbocycles. The zero-order valence-corrected chi connectivity index (χ0v) is 38.7. The third-order valence-electron chi connectivity index (χ3n) is 16.8. The van der Waals surface area contributed by atoms with Crippen LogP contribution in [0.5, 0.6) is 0 Å². The first-order chi connectivity index (χ1) is 33.2. The lowest BCUT2D eigenvalue weighted by atomic mass is 9.62. The average Bonchev–Trinajstić information content (AvgIpc) is 4.00. The molecule has 7 aromatic carbocycles. The van der Waals surface area contributed by atoms with Gasteiger partial charge in [-0.3, -0.25) is 0 Å². The third-order valence-corrected chi connectivity index (χ3v) is 18.0. The second-order valence-electron chi connectivity index (χ2n) is 20.1. The van der Waals surface area contributed by atoms with Crippen molar-refractivity contribution in [3.8, 4) is 56.2 Å². The summed E-state index contributed by atoms with van der Waals surface area (Å²) in [7, 11) is 0. The lowest BCUT2D eigenvalue weighted by molar-refractivity contribution is 0.325. The average molecular weight is 881 g/mol. The van der Waals surface area contributed by atoms with E-state index in [1.807, 2.05) is 11.3 Å². The van der Waals surface area contributed by atoms with Crippen LogP contribution in [0.15, 0.2) is 187 Å². The van der Waals surface area contributed by atoms with Crippen LogP contribution < -0.4 is 0 Å². The van der Waals surface area contributed by atoms with E-state index in [0.717, 1.165) is 45.0 Å². The van der Waals surface area contributed by atoms with Crippen molar-refractivity contribution in [3.63, 3.8) is 0 Å². The van der Waals surface area contributed by atoms with Crippen LogP contribution in [0.1, 0.15) is 98.8 Å². The van der Waals surface area contributed by atoms with Gasteiger partial charge in [0.15, 0.2) is 0 Å². The number of rotatable bonds is 5. The van der Waals surface area contributed by atoms with E-state index in [9.17, 15) is 0 Å². The van der Waals surface area contributed by atoms with E-state index in [2.05, 4.69) is 176 Å². The Labute approximate surface area is 397 Å². The highest BCUT2D eigenvalue weighted by atomic mass is 32.1. The number of hydrogen-bond acceptors (Lipinski definition) is 3. The van der Waals surface area contributed by atoms with E-state index in [4.69, 9.17) is 9.97 Å². The topological polar surface area (TPSA) is 25.8 Å². The van der Waals surface area contributed by atoms with Gasteiger partial charge in [0.05, 0.1) is 22.8 Å². The number of fused-ring (bicyclic) bond motifs is 12. The van der Waals surface area contributed by atoms with E-state index in [0.29, 0.717) is 5.92 Å². The quantitative estimate of drug-likeness (QED) is 0.172. The summed E-state index contributed by atoms with van der Waals surface area (Å²) in [6.45, 7) is 0. The molecule has 0 saturated heterocycles. The minimum absolute atomic E-state index is 0.129. The molecular weight excluding hydrogens is 829 g/mol. The van der Waals surface area contributed by atoms with E-state index >= 15 is 0 Å². The SMILES string of the molecule is C1=C2C(CC3=C1c1ccccc1C31CCCCC1)c1ccc(-c3ccc4sc5c(-c6nc(-c7ccccc7)c(-c7ccccc7)nc6-c6ccccc6)cccc5c4c3)cc1C21CCCCC1. The molecule has 9 aromatic rings. The number of nitrogens with zero attached hydrogens (tertiary/aromatic N) is 2. The molecule has 2 heterocycles. The predicted molar refractivity (Wildman–Crippen MR) is 280 cm³/mol. The molecule has 1 atom stereocenters. The Morgan fingerprint density at radius 2 is 1.00 bits per heavy atom. The van der Waals surface area contributed by atoms with Crippen molar-refractivity contribution < 1.29 is 0 Å². The Morgan fingerprint density at radius 1 is 0.433 bits per heavy atom. The molecule has 3 heteroatoms. The van der Waals surface area contributed by atoms with Crippen molar-refractivity contribution in [1.29, 1.82) is 0 Å². The largest absolute Gasteiger partial charge is 0.243 e. The lowest BCUT2D eigenvalue weighted by Crippen LogP contribution is -2.32. The Hall–Kier alpha value is -6.68. The zero-order chi connectivity index (χ0) is 44.1. The van der Waals surface area contributed by atoms with Gasteiger partial charge in [-0.2, -0.15) is 0 Å². The molecule has 2 fully saturated rings. The van der Waals surface area contributed by atoms with Crippen molar-refractivity contribution in [2.24, 2.45) is 0 Å². The second kappa shape index (κ2) is 15.4. The van der Waals surface area contributed by atoms with Gasteiger partial charge in [-0.15, -0.1) is 11.3 Å². The Bertz CT molecular complexity index is 3490. The summed E-state index contributed by atoms with van der Waals surface area (Å²) in [5, 5.41) is 2.58. The molecule has 2 spiro atoms. The predicted octanol–water partition coefficient (Wildman–Crippen LogP) is 17.5. The minimum Gasteiger partial charge on any atom is -0.243 e. The van der Waals surface area contributed by atoms with Gasteiger partial charge in [0.1, 0.15) is 0 Å². The first kappa shape index (κ1) is 39.5. The van der Waals surface area contributed by atoms with Crippen LogP contribution >= 0.6 is 11.3 Å². The molecule has 5 aliphatic rings. The number of aromatic nitrogens is 2. The fourth-order valence-corrected chi connectivity index (χ4v) is 14.9. The van der Waals surface area contributed by atoms with Gasteiger partial charge in [-0.05, 0) is 89.3 Å². The highest BCUT2D eigenvalue weighted by Crippen LogP contribution is 2.66. The fraction of sp³-hybridized carbons (Fsp3) is 0.219. The second-order valence-corrected chi connectivity index (χ2v) is 21.1. The molecule has 0 aliphatic heterocycles. The molecule has 67 heavy (non-hydrogen) atoms. The number of benzene rings is 7. The van der Waals surface area contributed by atoms with E-state index < -0.39 is 0 Å². The molecule has 2 aromatic heterocycles. The maximum atomic E-state index is 5.65. The smallest absolute Gasteiger partial charge is 0.0987 e. The number of allylic oxidation sites excluding steroid dienone is 4. The van der Waals surface area contributed by atoms with Crippen LogP contribution in [-0.4, -0.2) is 9.97 Å². The highest BCUT2D eigenvalue weighted by Gasteiger charge is 2.54. The standard InChI is InChI=1S/C64H52N2S/c1-6-19-41(20-7-1)58-59(42-21-8-2-9-22-42)66-61(60(65-58)43-23-10-3-11-24-43)49-27-18-26-48-52-37-44(30-32-57(52)67-62(48)49)45-29-31-47-51-40-55-50(39-56(51)64(54(47)38-45)35-16-5-17-36-64)46-25-12-13-28-53(46)63(55)33-14-4-15-34-63/h1-3,6-13,18-32,37-39,51H,4-5,14-17,33-36,40H2. The van der Waals surface area contributed by atoms with E-state index in [1.165, 1.54) is 107 Å². The van der Waals surface area contributed by atoms with E-state index in [1.54, 1.807) is 33.4 Å². The zero-order valence-electron chi connectivity index (χ0n) is 37.9. The Balaban J connectivity index is 0.899. The Kier molecular flexibility index (Phi) is 9.10. The van der Waals surface area contributed by atoms with Crippen molar-refractivity contribution in [3.05, 3.63) is 209 Å². The summed E-state index contributed by atoms with van der Waals surface area (Å²) in [5.41, 5.74) is 22.4. The highest BCUT2D eigenvalue weighted by molar-refractivity contribution is 7.26. The van der Waals surface area contributed by atoms with Gasteiger partial charge in [0, 0.05) is 59.2 Å². The molecule has 2 nitrogen and oxygen atoms in total. The molecule has 0 amide bonds. The van der Waals surface area contributed by atoms with Crippen LogP contribution in [0.4, 0.5) is 0 Å².